The van der Waals surface area contributed by atoms with Gasteiger partial charge in [-0.15, -0.1) is 35.3 Å². The van der Waals surface area contributed by atoms with Crippen LogP contribution in [-0.4, -0.2) is 34.5 Å². The molecule has 2 aromatic rings. The van der Waals surface area contributed by atoms with Crippen molar-refractivity contribution in [3.8, 4) is 0 Å². The van der Waals surface area contributed by atoms with Gasteiger partial charge in [0.25, 0.3) is 0 Å². The van der Waals surface area contributed by atoms with Gasteiger partial charge < -0.3 is 14.8 Å². The molecule has 2 aromatic heterocycles. The molecule has 0 saturated heterocycles. The van der Waals surface area contributed by atoms with E-state index in [-0.39, 0.29) is 24.0 Å². The maximum Gasteiger partial charge on any atom is 0.194 e. The zero-order valence-electron chi connectivity index (χ0n) is 14.1. The molecule has 2 rings (SSSR count). The number of thiazole rings is 1. The van der Waals surface area contributed by atoms with Crippen LogP contribution in [0.2, 0.25) is 5.02 Å². The average molecular weight is 468 g/mol. The van der Waals surface area contributed by atoms with Gasteiger partial charge in [-0.25, -0.2) is 4.98 Å². The number of nitrogens with one attached hydrogen (secondary N) is 1. The van der Waals surface area contributed by atoms with Gasteiger partial charge in [0.15, 0.2) is 5.96 Å². The van der Waals surface area contributed by atoms with Crippen molar-refractivity contribution in [2.45, 2.75) is 26.9 Å². The predicted octanol–water partition coefficient (Wildman–Crippen LogP) is 3.58. The molecule has 0 atom stereocenters. The number of aryl methyl sites for hydroxylation is 3. The molecular weight excluding hydrogens is 445 g/mol. The topological polar surface area (TPSA) is 45.5 Å². The number of aliphatic imine (C=N–C) groups is 1. The third kappa shape index (κ3) is 5.36. The van der Waals surface area contributed by atoms with Crippen LogP contribution in [0, 0.1) is 13.8 Å². The Bertz CT molecular complexity index is 660. The highest BCUT2D eigenvalue weighted by Crippen LogP contribution is 2.16. The van der Waals surface area contributed by atoms with E-state index in [9.17, 15) is 0 Å². The molecule has 0 radical (unpaired) electrons. The van der Waals surface area contributed by atoms with Gasteiger partial charge in [0.05, 0.1) is 23.8 Å². The second kappa shape index (κ2) is 8.89. The van der Waals surface area contributed by atoms with E-state index in [1.54, 1.807) is 18.4 Å². The smallest absolute Gasteiger partial charge is 0.194 e. The lowest BCUT2D eigenvalue weighted by Gasteiger charge is -2.22. The minimum absolute atomic E-state index is 0. The molecule has 0 unspecified atom stereocenters. The van der Waals surface area contributed by atoms with Crippen molar-refractivity contribution in [3.63, 3.8) is 0 Å². The highest BCUT2D eigenvalue weighted by molar-refractivity contribution is 14.0. The zero-order valence-corrected chi connectivity index (χ0v) is 18.0. The third-order valence-electron chi connectivity index (χ3n) is 3.52. The molecule has 0 saturated carbocycles. The van der Waals surface area contributed by atoms with Crippen LogP contribution < -0.4 is 5.32 Å². The Morgan fingerprint density at radius 3 is 2.65 bits per heavy atom. The number of hydrogen-bond acceptors (Lipinski definition) is 3. The number of guanidine groups is 1. The largest absolute Gasteiger partial charge is 0.351 e. The van der Waals surface area contributed by atoms with E-state index in [1.807, 2.05) is 37.8 Å². The second-order valence-electron chi connectivity index (χ2n) is 5.27. The van der Waals surface area contributed by atoms with E-state index in [1.165, 1.54) is 4.88 Å². The van der Waals surface area contributed by atoms with Gasteiger partial charge in [-0.1, -0.05) is 11.6 Å². The van der Waals surface area contributed by atoms with Crippen LogP contribution in [0.15, 0.2) is 17.3 Å². The van der Waals surface area contributed by atoms with Gasteiger partial charge in [0.2, 0.25) is 0 Å². The fourth-order valence-electron chi connectivity index (χ4n) is 2.20. The van der Waals surface area contributed by atoms with Crippen LogP contribution in [0.5, 0.6) is 0 Å². The molecule has 2 heterocycles. The first-order valence-electron chi connectivity index (χ1n) is 7.06. The third-order valence-corrected chi connectivity index (χ3v) is 4.80. The van der Waals surface area contributed by atoms with Gasteiger partial charge >= 0.3 is 0 Å². The SMILES string of the molecule is CN=C(NCc1nc(C)c(C)s1)N(C)Cc1cc(Cl)cn1C.I. The Kier molecular flexibility index (Phi) is 7.82. The monoisotopic (exact) mass is 467 g/mol. The molecule has 8 heteroatoms. The lowest BCUT2D eigenvalue weighted by Crippen LogP contribution is -2.38. The molecule has 0 aliphatic carbocycles. The zero-order chi connectivity index (χ0) is 16.3. The molecular formula is C15H23ClIN5S. The normalized spacial score (nSPS) is 11.3. The minimum Gasteiger partial charge on any atom is -0.351 e. The average Bonchev–Trinajstić information content (AvgIpc) is 2.93. The van der Waals surface area contributed by atoms with E-state index >= 15 is 0 Å². The van der Waals surface area contributed by atoms with Gasteiger partial charge in [-0.05, 0) is 19.9 Å². The van der Waals surface area contributed by atoms with E-state index < -0.39 is 0 Å². The Balaban J connectivity index is 0.00000264. The van der Waals surface area contributed by atoms with E-state index in [0.29, 0.717) is 6.54 Å². The number of aromatic nitrogens is 2. The first-order valence-corrected chi connectivity index (χ1v) is 8.25. The molecule has 0 spiro atoms. The van der Waals surface area contributed by atoms with Crippen molar-refractivity contribution in [1.82, 2.24) is 19.8 Å². The molecule has 23 heavy (non-hydrogen) atoms. The Morgan fingerprint density at radius 2 is 2.17 bits per heavy atom. The molecule has 0 bridgehead atoms. The van der Waals surface area contributed by atoms with Crippen molar-refractivity contribution in [1.29, 1.82) is 0 Å². The molecule has 0 aromatic carbocycles. The fourth-order valence-corrected chi connectivity index (χ4v) is 3.34. The Labute approximate surface area is 163 Å². The lowest BCUT2D eigenvalue weighted by atomic mass is 10.4. The fraction of sp³-hybridized carbons (Fsp3) is 0.467. The predicted molar refractivity (Wildman–Crippen MR) is 109 cm³/mol. The molecule has 5 nitrogen and oxygen atoms in total. The van der Waals surface area contributed by atoms with E-state index in [2.05, 4.69) is 27.1 Å². The number of halogens is 2. The van der Waals surface area contributed by atoms with Crippen LogP contribution in [0.25, 0.3) is 0 Å². The summed E-state index contributed by atoms with van der Waals surface area (Å²) < 4.78 is 2.03. The number of hydrogen-bond donors (Lipinski definition) is 1. The highest BCUT2D eigenvalue weighted by Gasteiger charge is 2.11. The van der Waals surface area contributed by atoms with Crippen LogP contribution in [-0.2, 0) is 20.1 Å². The van der Waals surface area contributed by atoms with Crippen molar-refractivity contribution in [3.05, 3.63) is 38.6 Å². The van der Waals surface area contributed by atoms with E-state index in [4.69, 9.17) is 11.6 Å². The summed E-state index contributed by atoms with van der Waals surface area (Å²) in [7, 11) is 5.79. The molecule has 1 N–H and O–H groups in total. The van der Waals surface area contributed by atoms with Crippen molar-refractivity contribution in [2.75, 3.05) is 14.1 Å². The summed E-state index contributed by atoms with van der Waals surface area (Å²) in [5.41, 5.74) is 2.24. The minimum atomic E-state index is 0. The lowest BCUT2D eigenvalue weighted by molar-refractivity contribution is 0.461. The van der Waals surface area contributed by atoms with Crippen molar-refractivity contribution >= 4 is 52.9 Å². The molecule has 0 amide bonds. The van der Waals surface area contributed by atoms with E-state index in [0.717, 1.165) is 33.9 Å². The van der Waals surface area contributed by atoms with Crippen molar-refractivity contribution < 1.29 is 0 Å². The summed E-state index contributed by atoms with van der Waals surface area (Å²) in [6.45, 7) is 5.55. The molecule has 0 aliphatic heterocycles. The highest BCUT2D eigenvalue weighted by atomic mass is 127. The quantitative estimate of drug-likeness (QED) is 0.425. The maximum absolute atomic E-state index is 6.03. The summed E-state index contributed by atoms with van der Waals surface area (Å²) in [6.07, 6.45) is 1.90. The summed E-state index contributed by atoms with van der Waals surface area (Å²) >= 11 is 7.75. The Hall–Kier alpha value is -0.800. The van der Waals surface area contributed by atoms with Gasteiger partial charge in [-0.3, -0.25) is 4.99 Å². The molecule has 0 aliphatic rings. The maximum atomic E-state index is 6.03. The van der Waals surface area contributed by atoms with Crippen LogP contribution in [0.3, 0.4) is 0 Å². The van der Waals surface area contributed by atoms with Crippen LogP contribution >= 0.6 is 46.9 Å². The molecule has 0 fully saturated rings. The summed E-state index contributed by atoms with van der Waals surface area (Å²) in [4.78, 5) is 12.2. The van der Waals surface area contributed by atoms with Crippen molar-refractivity contribution in [2.24, 2.45) is 12.0 Å². The number of rotatable bonds is 4. The summed E-state index contributed by atoms with van der Waals surface area (Å²) in [5.74, 6) is 0.836. The van der Waals surface area contributed by atoms with Crippen LogP contribution in [0.4, 0.5) is 0 Å². The standard InChI is InChI=1S/C15H22ClN5S.HI/c1-10-11(2)22-14(19-10)7-18-15(17-3)21(5)9-13-6-12(16)8-20(13)4;/h6,8H,7,9H2,1-5H3,(H,17,18);1H. The summed E-state index contributed by atoms with van der Waals surface area (Å²) in [6, 6.07) is 1.97. The number of nitrogens with zero attached hydrogens (tertiary/aromatic N) is 4. The van der Waals surface area contributed by atoms with Gasteiger partial charge in [-0.2, -0.15) is 0 Å². The first-order chi connectivity index (χ1) is 10.4. The van der Waals surface area contributed by atoms with Crippen LogP contribution in [0.1, 0.15) is 21.3 Å². The van der Waals surface area contributed by atoms with Gasteiger partial charge in [0.1, 0.15) is 5.01 Å². The van der Waals surface area contributed by atoms with Gasteiger partial charge in [0, 0.05) is 37.9 Å². The Morgan fingerprint density at radius 1 is 1.48 bits per heavy atom. The summed E-state index contributed by atoms with van der Waals surface area (Å²) in [5, 5.41) is 5.18. The second-order valence-corrected chi connectivity index (χ2v) is 6.99. The molecule has 128 valence electrons. The first kappa shape index (κ1) is 20.2.